The fourth-order valence-corrected chi connectivity index (χ4v) is 1.83. The second-order valence-electron chi connectivity index (χ2n) is 3.13. The van der Waals surface area contributed by atoms with Gasteiger partial charge in [0.25, 0.3) is 0 Å². The Morgan fingerprint density at radius 1 is 1.54 bits per heavy atom. The lowest BCUT2D eigenvalue weighted by Gasteiger charge is -2.08. The topological polar surface area (TPSA) is 14.2 Å². The molecule has 0 aliphatic rings. The van der Waals surface area contributed by atoms with Gasteiger partial charge in [0, 0.05) is 20.1 Å². The van der Waals surface area contributed by atoms with Gasteiger partial charge >= 0.3 is 0 Å². The normalized spacial score (nSPS) is 13.3. The zero-order valence-corrected chi connectivity index (χ0v) is 9.49. The Labute approximate surface area is 88.4 Å². The van der Waals surface area contributed by atoms with Gasteiger partial charge in [-0.2, -0.15) is 0 Å². The second-order valence-corrected chi connectivity index (χ2v) is 3.87. The van der Waals surface area contributed by atoms with Crippen LogP contribution in [-0.4, -0.2) is 18.3 Å². The van der Waals surface area contributed by atoms with Gasteiger partial charge in [-0.25, -0.2) is 0 Å². The Bertz CT molecular complexity index is 296. The molecule has 0 fully saturated rings. The molecule has 0 amide bonds. The second kappa shape index (κ2) is 4.36. The van der Waals surface area contributed by atoms with Gasteiger partial charge in [-0.3, -0.25) is 0 Å². The van der Waals surface area contributed by atoms with Gasteiger partial charge < -0.3 is 9.30 Å². The highest BCUT2D eigenvalue weighted by Gasteiger charge is 2.14. The van der Waals surface area contributed by atoms with E-state index in [-0.39, 0.29) is 5.92 Å². The largest absolute Gasteiger partial charge is 0.384 e. The number of rotatable bonds is 3. The van der Waals surface area contributed by atoms with Crippen molar-refractivity contribution in [3.05, 3.63) is 21.9 Å². The number of halogens is 2. The summed E-state index contributed by atoms with van der Waals surface area (Å²) in [5.41, 5.74) is 1.04. The molecule has 0 bridgehead atoms. The third-order valence-electron chi connectivity index (χ3n) is 2.08. The maximum Gasteiger partial charge on any atom is 0.113 e. The SMILES string of the molecule is COCC(C)c1cc(Cl)n(C)c1Cl. The van der Waals surface area contributed by atoms with Crippen molar-refractivity contribution in [1.82, 2.24) is 4.57 Å². The summed E-state index contributed by atoms with van der Waals surface area (Å²) in [6.07, 6.45) is 0. The molecule has 1 aromatic rings. The molecule has 1 unspecified atom stereocenters. The molecule has 13 heavy (non-hydrogen) atoms. The van der Waals surface area contributed by atoms with Crippen LogP contribution in [0.2, 0.25) is 10.3 Å². The van der Waals surface area contributed by atoms with Crippen LogP contribution in [0.4, 0.5) is 0 Å². The molecular weight excluding hydrogens is 209 g/mol. The van der Waals surface area contributed by atoms with Crippen LogP contribution in [0.3, 0.4) is 0 Å². The van der Waals surface area contributed by atoms with Crippen molar-refractivity contribution < 1.29 is 4.74 Å². The minimum absolute atomic E-state index is 0.274. The van der Waals surface area contributed by atoms with Crippen LogP contribution in [0.15, 0.2) is 6.07 Å². The molecule has 0 N–H and O–H groups in total. The van der Waals surface area contributed by atoms with Crippen LogP contribution >= 0.6 is 23.2 Å². The van der Waals surface area contributed by atoms with Crippen molar-refractivity contribution >= 4 is 23.2 Å². The van der Waals surface area contributed by atoms with Crippen molar-refractivity contribution in [1.29, 1.82) is 0 Å². The molecule has 4 heteroatoms. The summed E-state index contributed by atoms with van der Waals surface area (Å²) in [5.74, 6) is 0.274. The Morgan fingerprint density at radius 2 is 2.15 bits per heavy atom. The number of methoxy groups -OCH3 is 1. The molecule has 0 aliphatic heterocycles. The minimum atomic E-state index is 0.274. The number of hydrogen-bond acceptors (Lipinski definition) is 1. The van der Waals surface area contributed by atoms with Crippen LogP contribution < -0.4 is 0 Å². The summed E-state index contributed by atoms with van der Waals surface area (Å²) < 4.78 is 6.81. The Morgan fingerprint density at radius 3 is 2.54 bits per heavy atom. The predicted molar refractivity (Wildman–Crippen MR) is 55.7 cm³/mol. The van der Waals surface area contributed by atoms with Gasteiger partial charge in [0.05, 0.1) is 6.61 Å². The highest BCUT2D eigenvalue weighted by molar-refractivity contribution is 6.34. The first-order valence-corrected chi connectivity index (χ1v) is 4.83. The number of ether oxygens (including phenoxy) is 1. The van der Waals surface area contributed by atoms with Gasteiger partial charge in [0.1, 0.15) is 10.3 Å². The zero-order valence-electron chi connectivity index (χ0n) is 7.97. The van der Waals surface area contributed by atoms with Gasteiger partial charge in [-0.05, 0) is 11.6 Å². The summed E-state index contributed by atoms with van der Waals surface area (Å²) in [5, 5.41) is 1.34. The number of hydrogen-bond donors (Lipinski definition) is 0. The van der Waals surface area contributed by atoms with Gasteiger partial charge in [0.2, 0.25) is 0 Å². The quantitative estimate of drug-likeness (QED) is 0.766. The Kier molecular flexibility index (Phi) is 3.65. The van der Waals surface area contributed by atoms with Crippen LogP contribution in [0.5, 0.6) is 0 Å². The minimum Gasteiger partial charge on any atom is -0.384 e. The monoisotopic (exact) mass is 221 g/mol. The molecule has 0 radical (unpaired) electrons. The molecule has 1 rings (SSSR count). The maximum atomic E-state index is 6.07. The standard InChI is InChI=1S/C9H13Cl2NO/c1-6(5-13-3)7-4-8(10)12(2)9(7)11/h4,6H,5H2,1-3H3. The van der Waals surface area contributed by atoms with Crippen LogP contribution in [-0.2, 0) is 11.8 Å². The molecule has 1 atom stereocenters. The summed E-state index contributed by atoms with van der Waals surface area (Å²) in [4.78, 5) is 0. The fourth-order valence-electron chi connectivity index (χ4n) is 1.26. The zero-order chi connectivity index (χ0) is 10.0. The van der Waals surface area contributed by atoms with E-state index in [1.54, 1.807) is 11.7 Å². The molecule has 1 aromatic heterocycles. The van der Waals surface area contributed by atoms with E-state index in [9.17, 15) is 0 Å². The van der Waals surface area contributed by atoms with Crippen molar-refractivity contribution in [3.8, 4) is 0 Å². The fraction of sp³-hybridized carbons (Fsp3) is 0.556. The van der Waals surface area contributed by atoms with E-state index in [0.29, 0.717) is 16.9 Å². The summed E-state index contributed by atoms with van der Waals surface area (Å²) in [7, 11) is 3.52. The third kappa shape index (κ3) is 2.19. The van der Waals surface area contributed by atoms with Gasteiger partial charge in [-0.1, -0.05) is 30.1 Å². The molecule has 0 spiro atoms. The summed E-state index contributed by atoms with van der Waals surface area (Å²) >= 11 is 12.0. The average molecular weight is 222 g/mol. The average Bonchev–Trinajstić information content (AvgIpc) is 2.33. The summed E-state index contributed by atoms with van der Waals surface area (Å²) in [6, 6.07) is 1.88. The van der Waals surface area contributed by atoms with Gasteiger partial charge in [0.15, 0.2) is 0 Å². The molecular formula is C9H13Cl2NO. The van der Waals surface area contributed by atoms with E-state index >= 15 is 0 Å². The smallest absolute Gasteiger partial charge is 0.113 e. The highest BCUT2D eigenvalue weighted by Crippen LogP contribution is 2.29. The van der Waals surface area contributed by atoms with E-state index < -0.39 is 0 Å². The Hall–Kier alpha value is -0.180. The number of nitrogens with zero attached hydrogens (tertiary/aromatic N) is 1. The highest BCUT2D eigenvalue weighted by atomic mass is 35.5. The van der Waals surface area contributed by atoms with Crippen LogP contribution in [0, 0.1) is 0 Å². The van der Waals surface area contributed by atoms with Crippen molar-refractivity contribution in [3.63, 3.8) is 0 Å². The lowest BCUT2D eigenvalue weighted by Crippen LogP contribution is -2.01. The van der Waals surface area contributed by atoms with Crippen molar-refractivity contribution in [2.75, 3.05) is 13.7 Å². The summed E-state index contributed by atoms with van der Waals surface area (Å²) in [6.45, 7) is 2.71. The first kappa shape index (κ1) is 10.9. The molecule has 0 aliphatic carbocycles. The van der Waals surface area contributed by atoms with Crippen LogP contribution in [0.25, 0.3) is 0 Å². The Balaban J connectivity index is 2.94. The van der Waals surface area contributed by atoms with E-state index in [4.69, 9.17) is 27.9 Å². The number of aromatic nitrogens is 1. The molecule has 0 saturated carbocycles. The molecule has 74 valence electrons. The molecule has 1 heterocycles. The molecule has 2 nitrogen and oxygen atoms in total. The lowest BCUT2D eigenvalue weighted by molar-refractivity contribution is 0.184. The van der Waals surface area contributed by atoms with E-state index in [1.165, 1.54) is 0 Å². The van der Waals surface area contributed by atoms with Crippen molar-refractivity contribution in [2.45, 2.75) is 12.8 Å². The van der Waals surface area contributed by atoms with E-state index in [2.05, 4.69) is 6.92 Å². The molecule has 0 saturated heterocycles. The first-order chi connectivity index (χ1) is 6.07. The van der Waals surface area contributed by atoms with Crippen molar-refractivity contribution in [2.24, 2.45) is 7.05 Å². The first-order valence-electron chi connectivity index (χ1n) is 4.07. The molecule has 0 aromatic carbocycles. The van der Waals surface area contributed by atoms with Crippen LogP contribution in [0.1, 0.15) is 18.4 Å². The van der Waals surface area contributed by atoms with E-state index in [0.717, 1.165) is 5.56 Å². The third-order valence-corrected chi connectivity index (χ3v) is 2.91. The van der Waals surface area contributed by atoms with Gasteiger partial charge in [-0.15, -0.1) is 0 Å². The predicted octanol–water partition coefficient (Wildman–Crippen LogP) is 3.08. The maximum absolute atomic E-state index is 6.07. The van der Waals surface area contributed by atoms with E-state index in [1.807, 2.05) is 13.1 Å². The lowest BCUT2D eigenvalue weighted by atomic mass is 10.1.